The van der Waals surface area contributed by atoms with Crippen LogP contribution in [0.3, 0.4) is 0 Å². The number of nitrogens with zero attached hydrogens (tertiary/aromatic N) is 1. The smallest absolute Gasteiger partial charge is 0.376 e. The Hall–Kier alpha value is -1.88. The molecule has 0 atom stereocenters. The molecule has 0 aliphatic carbocycles. The summed E-state index contributed by atoms with van der Waals surface area (Å²) < 4.78 is 23.1. The van der Waals surface area contributed by atoms with Crippen molar-refractivity contribution >= 4 is 17.6 Å². The van der Waals surface area contributed by atoms with Crippen molar-refractivity contribution in [2.24, 2.45) is 0 Å². The third-order valence-corrected chi connectivity index (χ3v) is 3.03. The molecule has 20 heavy (non-hydrogen) atoms. The Morgan fingerprint density at radius 1 is 1.50 bits per heavy atom. The molecule has 0 aliphatic rings. The van der Waals surface area contributed by atoms with Crippen molar-refractivity contribution < 1.29 is 18.3 Å². The van der Waals surface area contributed by atoms with Gasteiger partial charge < -0.3 is 9.15 Å². The summed E-state index contributed by atoms with van der Waals surface area (Å²) in [5.74, 6) is -0.804. The summed E-state index contributed by atoms with van der Waals surface area (Å²) in [6, 6.07) is 3.88. The maximum absolute atomic E-state index is 13.0. The summed E-state index contributed by atoms with van der Waals surface area (Å²) >= 11 is 5.96. The first kappa shape index (κ1) is 14.5. The van der Waals surface area contributed by atoms with Crippen LogP contribution in [0.15, 0.2) is 22.6 Å². The van der Waals surface area contributed by atoms with E-state index in [1.807, 2.05) is 6.92 Å². The minimum absolute atomic E-state index is 0.0599. The molecule has 1 aromatic carbocycles. The minimum Gasteiger partial charge on any atom is -0.463 e. The third kappa shape index (κ3) is 2.82. The zero-order valence-corrected chi connectivity index (χ0v) is 11.8. The van der Waals surface area contributed by atoms with Gasteiger partial charge >= 0.3 is 5.97 Å². The SMILES string of the molecule is CCCc1nc(-c2ccc(F)cc2Cl)oc1C(=O)OC. The Morgan fingerprint density at radius 2 is 2.25 bits per heavy atom. The van der Waals surface area contributed by atoms with Gasteiger partial charge in [0.25, 0.3) is 0 Å². The lowest BCUT2D eigenvalue weighted by molar-refractivity contribution is 0.0564. The van der Waals surface area contributed by atoms with E-state index in [4.69, 9.17) is 16.0 Å². The number of oxazole rings is 1. The first-order chi connectivity index (χ1) is 9.56. The Balaban J connectivity index is 2.49. The predicted molar refractivity (Wildman–Crippen MR) is 72.2 cm³/mol. The summed E-state index contributed by atoms with van der Waals surface area (Å²) in [4.78, 5) is 15.9. The maximum atomic E-state index is 13.0. The average molecular weight is 298 g/mol. The molecule has 2 aromatic rings. The molecule has 6 heteroatoms. The van der Waals surface area contributed by atoms with Gasteiger partial charge in [0.15, 0.2) is 0 Å². The quantitative estimate of drug-likeness (QED) is 0.804. The number of carbonyl (C=O) groups excluding carboxylic acids is 1. The van der Waals surface area contributed by atoms with Gasteiger partial charge in [0.2, 0.25) is 11.7 Å². The summed E-state index contributed by atoms with van der Waals surface area (Å²) in [6.07, 6.45) is 1.37. The second-order valence-electron chi connectivity index (χ2n) is 4.16. The molecule has 4 nitrogen and oxygen atoms in total. The van der Waals surface area contributed by atoms with Crippen LogP contribution >= 0.6 is 11.6 Å². The molecule has 0 radical (unpaired) electrons. The number of aromatic nitrogens is 1. The number of esters is 1. The van der Waals surface area contributed by atoms with Crippen molar-refractivity contribution in [1.82, 2.24) is 4.98 Å². The lowest BCUT2D eigenvalue weighted by atomic mass is 10.2. The van der Waals surface area contributed by atoms with Gasteiger partial charge in [-0.05, 0) is 24.6 Å². The van der Waals surface area contributed by atoms with Crippen LogP contribution in [0, 0.1) is 5.82 Å². The zero-order valence-electron chi connectivity index (χ0n) is 11.1. The van der Waals surface area contributed by atoms with Crippen molar-refractivity contribution in [3.63, 3.8) is 0 Å². The highest BCUT2D eigenvalue weighted by atomic mass is 35.5. The number of carbonyl (C=O) groups is 1. The number of methoxy groups -OCH3 is 1. The number of hydrogen-bond acceptors (Lipinski definition) is 4. The number of rotatable bonds is 4. The summed E-state index contributed by atoms with van der Waals surface area (Å²) in [6.45, 7) is 1.96. The fraction of sp³-hybridized carbons (Fsp3) is 0.286. The van der Waals surface area contributed by atoms with Gasteiger partial charge in [0.1, 0.15) is 5.82 Å². The van der Waals surface area contributed by atoms with E-state index in [1.54, 1.807) is 0 Å². The van der Waals surface area contributed by atoms with Crippen LogP contribution < -0.4 is 0 Å². The third-order valence-electron chi connectivity index (χ3n) is 2.72. The molecular formula is C14H13ClFNO3. The Morgan fingerprint density at radius 3 is 2.85 bits per heavy atom. The van der Waals surface area contributed by atoms with E-state index < -0.39 is 11.8 Å². The summed E-state index contributed by atoms with van der Waals surface area (Å²) in [5.41, 5.74) is 0.940. The van der Waals surface area contributed by atoms with Crippen molar-refractivity contribution in [1.29, 1.82) is 0 Å². The van der Waals surface area contributed by atoms with Crippen molar-refractivity contribution in [3.05, 3.63) is 40.5 Å². The highest BCUT2D eigenvalue weighted by Gasteiger charge is 2.22. The summed E-state index contributed by atoms with van der Waals surface area (Å²) in [5, 5.41) is 0.172. The van der Waals surface area contributed by atoms with Crippen LogP contribution in [0.25, 0.3) is 11.5 Å². The van der Waals surface area contributed by atoms with Gasteiger partial charge in [0.05, 0.1) is 23.4 Å². The topological polar surface area (TPSA) is 52.3 Å². The fourth-order valence-electron chi connectivity index (χ4n) is 1.79. The van der Waals surface area contributed by atoms with Gasteiger partial charge in [-0.25, -0.2) is 14.2 Å². The van der Waals surface area contributed by atoms with Gasteiger partial charge in [0, 0.05) is 0 Å². The van der Waals surface area contributed by atoms with Gasteiger partial charge in [-0.2, -0.15) is 0 Å². The minimum atomic E-state index is -0.592. The number of halogens is 2. The Labute approximate surface area is 120 Å². The Kier molecular flexibility index (Phi) is 4.39. The molecule has 0 spiro atoms. The van der Waals surface area contributed by atoms with E-state index in [2.05, 4.69) is 9.72 Å². The first-order valence-corrected chi connectivity index (χ1v) is 6.48. The van der Waals surface area contributed by atoms with E-state index in [1.165, 1.54) is 25.3 Å². The average Bonchev–Trinajstić information content (AvgIpc) is 2.82. The Bertz CT molecular complexity index is 639. The van der Waals surface area contributed by atoms with E-state index in [0.717, 1.165) is 6.42 Å². The number of hydrogen-bond donors (Lipinski definition) is 0. The van der Waals surface area contributed by atoms with E-state index in [0.29, 0.717) is 17.7 Å². The van der Waals surface area contributed by atoms with Crippen LogP contribution in [-0.2, 0) is 11.2 Å². The predicted octanol–water partition coefficient (Wildman–Crippen LogP) is 3.87. The number of benzene rings is 1. The molecule has 0 saturated heterocycles. The molecule has 2 rings (SSSR count). The monoisotopic (exact) mass is 297 g/mol. The van der Waals surface area contributed by atoms with E-state index >= 15 is 0 Å². The lowest BCUT2D eigenvalue weighted by Crippen LogP contribution is -2.03. The zero-order chi connectivity index (χ0) is 14.7. The standard InChI is InChI=1S/C14H13ClFNO3/c1-3-4-11-12(14(18)19-2)20-13(17-11)9-6-5-8(16)7-10(9)15/h5-7H,3-4H2,1-2H3. The van der Waals surface area contributed by atoms with Gasteiger partial charge in [-0.3, -0.25) is 0 Å². The molecule has 0 amide bonds. The molecule has 0 fully saturated rings. The van der Waals surface area contributed by atoms with Gasteiger partial charge in [-0.15, -0.1) is 0 Å². The molecular weight excluding hydrogens is 285 g/mol. The molecule has 0 bridgehead atoms. The van der Waals surface area contributed by atoms with Crippen molar-refractivity contribution in [2.45, 2.75) is 19.8 Å². The highest BCUT2D eigenvalue weighted by molar-refractivity contribution is 6.33. The van der Waals surface area contributed by atoms with Crippen LogP contribution in [-0.4, -0.2) is 18.1 Å². The molecule has 1 aromatic heterocycles. The molecule has 0 unspecified atom stereocenters. The first-order valence-electron chi connectivity index (χ1n) is 6.10. The van der Waals surface area contributed by atoms with Crippen LogP contribution in [0.4, 0.5) is 4.39 Å². The van der Waals surface area contributed by atoms with Crippen LogP contribution in [0.2, 0.25) is 5.02 Å². The second-order valence-corrected chi connectivity index (χ2v) is 4.57. The maximum Gasteiger partial charge on any atom is 0.376 e. The molecule has 0 aliphatic heterocycles. The van der Waals surface area contributed by atoms with Crippen LogP contribution in [0.5, 0.6) is 0 Å². The number of ether oxygens (including phenoxy) is 1. The second kappa shape index (κ2) is 6.05. The lowest BCUT2D eigenvalue weighted by Gasteiger charge is -1.99. The molecule has 0 saturated carbocycles. The van der Waals surface area contributed by atoms with Crippen molar-refractivity contribution in [2.75, 3.05) is 7.11 Å². The number of aryl methyl sites for hydroxylation is 1. The summed E-state index contributed by atoms with van der Waals surface area (Å²) in [7, 11) is 1.27. The molecule has 106 valence electrons. The van der Waals surface area contributed by atoms with E-state index in [9.17, 15) is 9.18 Å². The van der Waals surface area contributed by atoms with Crippen LogP contribution in [0.1, 0.15) is 29.6 Å². The van der Waals surface area contributed by atoms with Gasteiger partial charge in [-0.1, -0.05) is 24.9 Å². The normalized spacial score (nSPS) is 10.6. The van der Waals surface area contributed by atoms with Crippen molar-refractivity contribution in [3.8, 4) is 11.5 Å². The largest absolute Gasteiger partial charge is 0.463 e. The molecule has 0 N–H and O–H groups in total. The molecule has 1 heterocycles. The van der Waals surface area contributed by atoms with E-state index in [-0.39, 0.29) is 16.7 Å². The highest BCUT2D eigenvalue weighted by Crippen LogP contribution is 2.30. The fourth-order valence-corrected chi connectivity index (χ4v) is 2.04.